The average molecular weight is 857 g/mol. The van der Waals surface area contributed by atoms with Crippen molar-refractivity contribution in [2.45, 2.75) is 232 Å². The second kappa shape index (κ2) is 41.8. The molecule has 0 radical (unpaired) electrons. The molecular weight excluding hydrogens is 762 g/mol. The highest BCUT2D eigenvalue weighted by molar-refractivity contribution is 7.47. The zero-order chi connectivity index (χ0) is 43.6. The van der Waals surface area contributed by atoms with Crippen LogP contribution in [-0.2, 0) is 32.7 Å². The highest BCUT2D eigenvalue weighted by atomic mass is 31.2. The van der Waals surface area contributed by atoms with Crippen molar-refractivity contribution in [3.8, 4) is 0 Å². The number of likely N-dealkylation sites (N-methyl/N-ethyl adjacent to an activating group) is 1. The first-order chi connectivity index (χ1) is 28.5. The minimum atomic E-state index is -4.39. The van der Waals surface area contributed by atoms with Crippen LogP contribution in [0, 0.1) is 0 Å². The molecule has 10 heteroatoms. The predicted octanol–water partition coefficient (Wildman–Crippen LogP) is 14.3. The van der Waals surface area contributed by atoms with E-state index < -0.39 is 32.5 Å². The number of quaternary nitrogens is 1. The third-order valence-electron chi connectivity index (χ3n) is 10.8. The quantitative estimate of drug-likeness (QED) is 0.0161. The molecular formula is C49H95NO8P+. The number of phosphoric ester groups is 1. The van der Waals surface area contributed by atoms with E-state index in [1.807, 2.05) is 33.3 Å². The number of unbranched alkanes of at least 4 members (excludes halogenated alkanes) is 30. The van der Waals surface area contributed by atoms with Crippen LogP contribution in [0.25, 0.3) is 0 Å². The first-order valence-electron chi connectivity index (χ1n) is 24.6. The summed E-state index contributed by atoms with van der Waals surface area (Å²) in [6.07, 6.45) is 47.2. The van der Waals surface area contributed by atoms with Crippen LogP contribution in [-0.4, -0.2) is 74.9 Å². The van der Waals surface area contributed by atoms with Crippen LogP contribution in [0.3, 0.4) is 0 Å². The van der Waals surface area contributed by atoms with Crippen molar-refractivity contribution in [1.29, 1.82) is 0 Å². The van der Waals surface area contributed by atoms with Crippen molar-refractivity contribution in [2.24, 2.45) is 0 Å². The second-order valence-corrected chi connectivity index (χ2v) is 19.4. The number of hydrogen-bond acceptors (Lipinski definition) is 7. The Morgan fingerprint density at radius 3 is 1.39 bits per heavy atom. The van der Waals surface area contributed by atoms with Gasteiger partial charge in [0, 0.05) is 12.5 Å². The summed E-state index contributed by atoms with van der Waals surface area (Å²) in [5, 5.41) is 0. The van der Waals surface area contributed by atoms with Crippen molar-refractivity contribution in [1.82, 2.24) is 0 Å². The molecule has 2 atom stereocenters. The van der Waals surface area contributed by atoms with Crippen LogP contribution in [0.5, 0.6) is 0 Å². The van der Waals surface area contributed by atoms with E-state index in [0.717, 1.165) is 25.7 Å². The molecule has 9 nitrogen and oxygen atoms in total. The third-order valence-corrected chi connectivity index (χ3v) is 11.8. The summed E-state index contributed by atoms with van der Waals surface area (Å²) in [4.78, 5) is 35.3. The molecule has 1 unspecified atom stereocenters. The summed E-state index contributed by atoms with van der Waals surface area (Å²) in [5.41, 5.74) is 0. The Kier molecular flexibility index (Phi) is 40.8. The zero-order valence-electron chi connectivity index (χ0n) is 39.2. The lowest BCUT2D eigenvalue weighted by Gasteiger charge is -2.24. The summed E-state index contributed by atoms with van der Waals surface area (Å²) >= 11 is 0. The normalized spacial score (nSPS) is 13.7. The molecule has 0 aliphatic carbocycles. The Morgan fingerprint density at radius 2 is 0.966 bits per heavy atom. The number of allylic oxidation sites excluding steroid dienone is 3. The summed E-state index contributed by atoms with van der Waals surface area (Å²) in [5.74, 6) is -1.04. The van der Waals surface area contributed by atoms with Gasteiger partial charge >= 0.3 is 19.8 Å². The number of hydrogen-bond donors (Lipinski definition) is 1. The standard InChI is InChI=1S/C49H94NO8P/c1-6-8-10-12-14-16-18-20-22-23-24-25-26-28-30-32-34-36-38-40-42-49(52)58-47(46-57-59(53,54)56-44-43-50(3,4)5)45-55-48(51)41-39-37-35-33-31-29-27-21-19-17-15-13-11-9-7-2/h35,37,39,41,47H,6-34,36,38,40,42-46H2,1-5H3/p+1/b37-35+,41-39+/t47-/m1/s1. The van der Waals surface area contributed by atoms with Crippen LogP contribution < -0.4 is 0 Å². The van der Waals surface area contributed by atoms with Gasteiger partial charge in [0.15, 0.2) is 6.10 Å². The molecule has 0 heterocycles. The van der Waals surface area contributed by atoms with E-state index in [4.69, 9.17) is 18.5 Å². The fraction of sp³-hybridized carbons (Fsp3) is 0.878. The lowest BCUT2D eigenvalue weighted by atomic mass is 10.0. The highest BCUT2D eigenvalue weighted by Crippen LogP contribution is 2.43. The zero-order valence-corrected chi connectivity index (χ0v) is 40.1. The number of rotatable bonds is 45. The molecule has 0 bridgehead atoms. The largest absolute Gasteiger partial charge is 0.472 e. The molecule has 0 saturated heterocycles. The molecule has 0 aromatic carbocycles. The first-order valence-corrected chi connectivity index (χ1v) is 26.1. The van der Waals surface area contributed by atoms with Crippen molar-refractivity contribution in [3.05, 3.63) is 24.3 Å². The van der Waals surface area contributed by atoms with E-state index in [2.05, 4.69) is 13.8 Å². The summed E-state index contributed by atoms with van der Waals surface area (Å²) in [7, 11) is 1.44. The fourth-order valence-corrected chi connectivity index (χ4v) is 7.73. The van der Waals surface area contributed by atoms with Crippen molar-refractivity contribution < 1.29 is 42.1 Å². The summed E-state index contributed by atoms with van der Waals surface area (Å²) in [6, 6.07) is 0. The summed E-state index contributed by atoms with van der Waals surface area (Å²) in [6.45, 7) is 4.33. The monoisotopic (exact) mass is 857 g/mol. The van der Waals surface area contributed by atoms with Gasteiger partial charge in [-0.05, 0) is 19.3 Å². The van der Waals surface area contributed by atoms with Crippen molar-refractivity contribution >= 4 is 19.8 Å². The van der Waals surface area contributed by atoms with Gasteiger partial charge in [0.2, 0.25) is 0 Å². The highest BCUT2D eigenvalue weighted by Gasteiger charge is 2.27. The van der Waals surface area contributed by atoms with Gasteiger partial charge in [-0.2, -0.15) is 0 Å². The van der Waals surface area contributed by atoms with Crippen LogP contribution in [0.4, 0.5) is 0 Å². The Balaban J connectivity index is 4.32. The van der Waals surface area contributed by atoms with Crippen molar-refractivity contribution in [3.63, 3.8) is 0 Å². The van der Waals surface area contributed by atoms with E-state index >= 15 is 0 Å². The van der Waals surface area contributed by atoms with E-state index in [-0.39, 0.29) is 19.6 Å². The van der Waals surface area contributed by atoms with Gasteiger partial charge in [0.05, 0.1) is 27.7 Å². The Morgan fingerprint density at radius 1 is 0.559 bits per heavy atom. The van der Waals surface area contributed by atoms with Gasteiger partial charge in [-0.3, -0.25) is 13.8 Å². The van der Waals surface area contributed by atoms with Gasteiger partial charge in [-0.15, -0.1) is 0 Å². The molecule has 0 amide bonds. The number of phosphoric acid groups is 1. The van der Waals surface area contributed by atoms with E-state index in [9.17, 15) is 19.0 Å². The number of carbonyl (C=O) groups is 2. The van der Waals surface area contributed by atoms with E-state index in [0.29, 0.717) is 17.4 Å². The van der Waals surface area contributed by atoms with Crippen molar-refractivity contribution in [2.75, 3.05) is 47.5 Å². The topological polar surface area (TPSA) is 108 Å². The van der Waals surface area contributed by atoms with Crippen LogP contribution >= 0.6 is 7.82 Å². The number of nitrogens with zero attached hydrogens (tertiary/aromatic N) is 1. The van der Waals surface area contributed by atoms with E-state index in [1.165, 1.54) is 179 Å². The average Bonchev–Trinajstić information content (AvgIpc) is 3.19. The number of esters is 2. The maximum atomic E-state index is 12.7. The fourth-order valence-electron chi connectivity index (χ4n) is 6.99. The molecule has 0 aliphatic heterocycles. The minimum absolute atomic E-state index is 0.0216. The molecule has 0 rings (SSSR count). The van der Waals surface area contributed by atoms with Crippen LogP contribution in [0.1, 0.15) is 226 Å². The van der Waals surface area contributed by atoms with Crippen LogP contribution in [0.2, 0.25) is 0 Å². The van der Waals surface area contributed by atoms with Gasteiger partial charge in [-0.25, -0.2) is 9.36 Å². The SMILES string of the molecule is CCCCCCCCCCCCC/C=C/C=C/C(=O)OC[C@H](COP(=O)(O)OCC[N+](C)(C)C)OC(=O)CCCCCCCCCCCCCCCCCCCCCC. The smallest absolute Gasteiger partial charge is 0.458 e. The molecule has 0 spiro atoms. The molecule has 0 aliphatic rings. The molecule has 1 N–H and O–H groups in total. The van der Waals surface area contributed by atoms with Gasteiger partial charge in [0.25, 0.3) is 0 Å². The maximum absolute atomic E-state index is 12.7. The van der Waals surface area contributed by atoms with Crippen LogP contribution in [0.15, 0.2) is 24.3 Å². The number of carbonyl (C=O) groups excluding carboxylic acids is 2. The van der Waals surface area contributed by atoms with Gasteiger partial charge in [0.1, 0.15) is 19.8 Å². The van der Waals surface area contributed by atoms with Gasteiger partial charge < -0.3 is 18.9 Å². The Hall–Kier alpha value is -1.51. The Bertz CT molecular complexity index is 1060. The maximum Gasteiger partial charge on any atom is 0.472 e. The molecule has 0 saturated carbocycles. The lowest BCUT2D eigenvalue weighted by molar-refractivity contribution is -0.870. The molecule has 59 heavy (non-hydrogen) atoms. The third kappa shape index (κ3) is 45.8. The number of ether oxygens (including phenoxy) is 2. The van der Waals surface area contributed by atoms with Gasteiger partial charge in [-0.1, -0.05) is 218 Å². The second-order valence-electron chi connectivity index (χ2n) is 17.9. The summed E-state index contributed by atoms with van der Waals surface area (Å²) < 4.78 is 34.2. The molecule has 0 aromatic heterocycles. The molecule has 0 fully saturated rings. The lowest BCUT2D eigenvalue weighted by Crippen LogP contribution is -2.37. The predicted molar refractivity (Wildman–Crippen MR) is 247 cm³/mol. The van der Waals surface area contributed by atoms with E-state index in [1.54, 1.807) is 6.08 Å². The first kappa shape index (κ1) is 57.5. The Labute approximate surface area is 364 Å². The minimum Gasteiger partial charge on any atom is -0.458 e. The molecule has 0 aromatic rings. The molecule has 348 valence electrons.